The molecule has 17 heavy (non-hydrogen) atoms. The number of benzene rings is 1. The molecule has 1 heterocycles. The van der Waals surface area contributed by atoms with Crippen molar-refractivity contribution in [3.63, 3.8) is 0 Å². The Morgan fingerprint density at radius 3 is 2.94 bits per heavy atom. The van der Waals surface area contributed by atoms with Crippen LogP contribution in [-0.4, -0.2) is 28.5 Å². The lowest BCUT2D eigenvalue weighted by Crippen LogP contribution is -2.35. The van der Waals surface area contributed by atoms with Gasteiger partial charge in [-0.25, -0.2) is 0 Å². The third-order valence-corrected chi connectivity index (χ3v) is 3.49. The monoisotopic (exact) mass is 233 g/mol. The van der Waals surface area contributed by atoms with Crippen molar-refractivity contribution in [2.45, 2.75) is 39.2 Å². The average Bonchev–Trinajstić information content (AvgIpc) is 2.76. The molecule has 0 spiro atoms. The predicted molar refractivity (Wildman–Crippen MR) is 67.2 cm³/mol. The molecule has 3 heteroatoms. The number of carbonyl (C=O) groups excluding carboxylic acids is 1. The summed E-state index contributed by atoms with van der Waals surface area (Å²) < 4.78 is 0. The lowest BCUT2D eigenvalue weighted by molar-refractivity contribution is 0.0730. The van der Waals surface area contributed by atoms with Crippen molar-refractivity contribution >= 4 is 5.91 Å². The SMILES string of the molecule is CCC1CCCN1C(=O)c1ccc(C)cc1O. The molecule has 1 N–H and O–H groups in total. The number of nitrogens with zero attached hydrogens (tertiary/aromatic N) is 1. The van der Waals surface area contributed by atoms with E-state index in [2.05, 4.69) is 6.92 Å². The van der Waals surface area contributed by atoms with Gasteiger partial charge >= 0.3 is 0 Å². The largest absolute Gasteiger partial charge is 0.507 e. The second-order valence-electron chi connectivity index (χ2n) is 4.72. The lowest BCUT2D eigenvalue weighted by Gasteiger charge is -2.24. The van der Waals surface area contributed by atoms with Gasteiger partial charge in [-0.2, -0.15) is 0 Å². The Labute approximate surface area is 102 Å². The molecule has 1 amide bonds. The number of hydrogen-bond donors (Lipinski definition) is 1. The van der Waals surface area contributed by atoms with Crippen molar-refractivity contribution in [2.75, 3.05) is 6.54 Å². The van der Waals surface area contributed by atoms with Gasteiger partial charge in [0.15, 0.2) is 0 Å². The maximum atomic E-state index is 12.3. The van der Waals surface area contributed by atoms with Crippen LogP contribution in [0.5, 0.6) is 5.75 Å². The van der Waals surface area contributed by atoms with Crippen LogP contribution in [0.4, 0.5) is 0 Å². The van der Waals surface area contributed by atoms with E-state index < -0.39 is 0 Å². The fourth-order valence-electron chi connectivity index (χ4n) is 2.50. The van der Waals surface area contributed by atoms with E-state index in [0.717, 1.165) is 31.4 Å². The van der Waals surface area contributed by atoms with Crippen molar-refractivity contribution in [3.05, 3.63) is 29.3 Å². The molecular formula is C14H19NO2. The Morgan fingerprint density at radius 2 is 2.29 bits per heavy atom. The van der Waals surface area contributed by atoms with Crippen LogP contribution in [0.1, 0.15) is 42.1 Å². The summed E-state index contributed by atoms with van der Waals surface area (Å²) in [5, 5.41) is 9.83. The zero-order chi connectivity index (χ0) is 12.4. The molecule has 1 saturated heterocycles. The number of likely N-dealkylation sites (tertiary alicyclic amines) is 1. The molecule has 3 nitrogen and oxygen atoms in total. The Kier molecular flexibility index (Phi) is 3.36. The summed E-state index contributed by atoms with van der Waals surface area (Å²) in [4.78, 5) is 14.2. The van der Waals surface area contributed by atoms with Crippen LogP contribution in [0.3, 0.4) is 0 Å². The molecule has 0 aromatic heterocycles. The van der Waals surface area contributed by atoms with Crippen LogP contribution >= 0.6 is 0 Å². The number of hydrogen-bond acceptors (Lipinski definition) is 2. The summed E-state index contributed by atoms with van der Waals surface area (Å²) >= 11 is 0. The third-order valence-electron chi connectivity index (χ3n) is 3.49. The normalized spacial score (nSPS) is 19.6. The molecule has 1 aromatic carbocycles. The average molecular weight is 233 g/mol. The van der Waals surface area contributed by atoms with Crippen molar-refractivity contribution in [1.29, 1.82) is 0 Å². The molecule has 1 aliphatic heterocycles. The Hall–Kier alpha value is -1.51. The number of carbonyl (C=O) groups is 1. The molecule has 1 aromatic rings. The van der Waals surface area contributed by atoms with E-state index in [1.807, 2.05) is 17.9 Å². The number of aryl methyl sites for hydroxylation is 1. The molecule has 1 atom stereocenters. The highest BCUT2D eigenvalue weighted by Gasteiger charge is 2.29. The van der Waals surface area contributed by atoms with E-state index in [1.165, 1.54) is 0 Å². The Morgan fingerprint density at radius 1 is 1.53 bits per heavy atom. The van der Waals surface area contributed by atoms with Gasteiger partial charge < -0.3 is 10.0 Å². The van der Waals surface area contributed by atoms with Crippen LogP contribution in [0, 0.1) is 6.92 Å². The molecule has 1 fully saturated rings. The van der Waals surface area contributed by atoms with Gasteiger partial charge in [0.2, 0.25) is 0 Å². The second-order valence-corrected chi connectivity index (χ2v) is 4.72. The van der Waals surface area contributed by atoms with Crippen molar-refractivity contribution in [1.82, 2.24) is 4.90 Å². The van der Waals surface area contributed by atoms with Gasteiger partial charge in [-0.1, -0.05) is 13.0 Å². The van der Waals surface area contributed by atoms with Gasteiger partial charge in [-0.15, -0.1) is 0 Å². The van der Waals surface area contributed by atoms with Gasteiger partial charge in [0.25, 0.3) is 5.91 Å². The molecule has 0 aliphatic carbocycles. The smallest absolute Gasteiger partial charge is 0.257 e. The van der Waals surface area contributed by atoms with Crippen molar-refractivity contribution in [2.24, 2.45) is 0 Å². The molecule has 1 aliphatic rings. The summed E-state index contributed by atoms with van der Waals surface area (Å²) in [6.45, 7) is 4.81. The van der Waals surface area contributed by atoms with Gasteiger partial charge in [0.05, 0.1) is 5.56 Å². The molecule has 2 rings (SSSR count). The fraction of sp³-hybridized carbons (Fsp3) is 0.500. The van der Waals surface area contributed by atoms with Crippen LogP contribution in [0.25, 0.3) is 0 Å². The van der Waals surface area contributed by atoms with Crippen LogP contribution < -0.4 is 0 Å². The topological polar surface area (TPSA) is 40.5 Å². The predicted octanol–water partition coefficient (Wildman–Crippen LogP) is 2.72. The number of rotatable bonds is 2. The zero-order valence-corrected chi connectivity index (χ0v) is 10.4. The highest BCUT2D eigenvalue weighted by Crippen LogP contribution is 2.26. The number of amides is 1. The first-order valence-electron chi connectivity index (χ1n) is 6.24. The van der Waals surface area contributed by atoms with Crippen LogP contribution in [0.2, 0.25) is 0 Å². The van der Waals surface area contributed by atoms with E-state index in [4.69, 9.17) is 0 Å². The van der Waals surface area contributed by atoms with E-state index in [9.17, 15) is 9.90 Å². The zero-order valence-electron chi connectivity index (χ0n) is 10.4. The van der Waals surface area contributed by atoms with Gasteiger partial charge in [-0.3, -0.25) is 4.79 Å². The number of phenolic OH excluding ortho intramolecular Hbond substituents is 1. The molecule has 0 radical (unpaired) electrons. The third kappa shape index (κ3) is 2.28. The first-order chi connectivity index (χ1) is 8.13. The van der Waals surface area contributed by atoms with Crippen molar-refractivity contribution < 1.29 is 9.90 Å². The minimum Gasteiger partial charge on any atom is -0.507 e. The molecule has 1 unspecified atom stereocenters. The highest BCUT2D eigenvalue weighted by atomic mass is 16.3. The molecule has 0 bridgehead atoms. The maximum Gasteiger partial charge on any atom is 0.257 e. The summed E-state index contributed by atoms with van der Waals surface area (Å²) in [5.74, 6) is 0.0589. The van der Waals surface area contributed by atoms with E-state index in [1.54, 1.807) is 12.1 Å². The van der Waals surface area contributed by atoms with Gasteiger partial charge in [0.1, 0.15) is 5.75 Å². The van der Waals surface area contributed by atoms with Crippen LogP contribution in [-0.2, 0) is 0 Å². The minimum atomic E-state index is -0.0353. The maximum absolute atomic E-state index is 12.3. The first-order valence-corrected chi connectivity index (χ1v) is 6.24. The molecule has 92 valence electrons. The first kappa shape index (κ1) is 12.0. The quantitative estimate of drug-likeness (QED) is 0.853. The fourth-order valence-corrected chi connectivity index (χ4v) is 2.50. The second kappa shape index (κ2) is 4.78. The standard InChI is InChI=1S/C14H19NO2/c1-3-11-5-4-8-15(11)14(17)12-7-6-10(2)9-13(12)16/h6-7,9,11,16H,3-5,8H2,1-2H3. The lowest BCUT2D eigenvalue weighted by atomic mass is 10.1. The van der Waals surface area contributed by atoms with E-state index >= 15 is 0 Å². The summed E-state index contributed by atoms with van der Waals surface area (Å²) in [6, 6.07) is 5.56. The highest BCUT2D eigenvalue weighted by molar-refractivity contribution is 5.97. The summed E-state index contributed by atoms with van der Waals surface area (Å²) in [7, 11) is 0. The van der Waals surface area contributed by atoms with Gasteiger partial charge in [-0.05, 0) is 43.9 Å². The number of aromatic hydroxyl groups is 1. The Balaban J connectivity index is 2.24. The Bertz CT molecular complexity index is 428. The van der Waals surface area contributed by atoms with E-state index in [0.29, 0.717) is 11.6 Å². The minimum absolute atomic E-state index is 0.0353. The number of phenols is 1. The van der Waals surface area contributed by atoms with Crippen LogP contribution in [0.15, 0.2) is 18.2 Å². The van der Waals surface area contributed by atoms with E-state index in [-0.39, 0.29) is 11.7 Å². The summed E-state index contributed by atoms with van der Waals surface area (Å²) in [5.41, 5.74) is 1.39. The molecule has 0 saturated carbocycles. The van der Waals surface area contributed by atoms with Crippen molar-refractivity contribution in [3.8, 4) is 5.75 Å². The molecular weight excluding hydrogens is 214 g/mol. The van der Waals surface area contributed by atoms with Gasteiger partial charge in [0, 0.05) is 12.6 Å². The summed E-state index contributed by atoms with van der Waals surface area (Å²) in [6.07, 6.45) is 3.13.